The number of piperidine rings is 1. The standard InChI is InChI=1S/C22H23BrN2O3S/c1-2-28-22(27)16-4-3-10-24(14-16)21(26)19-12-20-18(9-11-29-20)25(19)13-15-5-7-17(23)8-6-15/h5-9,11-12,16H,2-4,10,13-14H2,1H3/t16-/m1/s1. The fraction of sp³-hybridized carbons (Fsp3) is 0.364. The van der Waals surface area contributed by atoms with Gasteiger partial charge in [0.2, 0.25) is 0 Å². The molecule has 152 valence electrons. The number of esters is 1. The minimum atomic E-state index is -0.233. The summed E-state index contributed by atoms with van der Waals surface area (Å²) < 4.78 is 9.40. The Labute approximate surface area is 182 Å². The van der Waals surface area contributed by atoms with Crippen LogP contribution in [0, 0.1) is 5.92 Å². The first-order valence-electron chi connectivity index (χ1n) is 9.84. The highest BCUT2D eigenvalue weighted by molar-refractivity contribution is 9.10. The molecule has 1 aromatic carbocycles. The number of hydrogen-bond acceptors (Lipinski definition) is 4. The Morgan fingerprint density at radius 1 is 1.24 bits per heavy atom. The molecule has 0 N–H and O–H groups in total. The molecule has 1 aliphatic heterocycles. The summed E-state index contributed by atoms with van der Waals surface area (Å²) >= 11 is 5.11. The van der Waals surface area contributed by atoms with Crippen LogP contribution in [0.1, 0.15) is 35.8 Å². The summed E-state index contributed by atoms with van der Waals surface area (Å²) in [6.07, 6.45) is 1.59. The van der Waals surface area contributed by atoms with Crippen LogP contribution in [0.3, 0.4) is 0 Å². The average Bonchev–Trinajstić information content (AvgIpc) is 3.32. The molecule has 0 spiro atoms. The topological polar surface area (TPSA) is 51.5 Å². The highest BCUT2D eigenvalue weighted by Gasteiger charge is 2.31. The van der Waals surface area contributed by atoms with Crippen molar-refractivity contribution in [3.63, 3.8) is 0 Å². The van der Waals surface area contributed by atoms with Crippen molar-refractivity contribution >= 4 is 49.4 Å². The molecule has 4 rings (SSSR count). The Bertz CT molecular complexity index is 1020. The summed E-state index contributed by atoms with van der Waals surface area (Å²) in [7, 11) is 0. The third-order valence-corrected chi connectivity index (χ3v) is 6.71. The maximum atomic E-state index is 13.4. The van der Waals surface area contributed by atoms with E-state index in [9.17, 15) is 9.59 Å². The van der Waals surface area contributed by atoms with Crippen LogP contribution in [-0.4, -0.2) is 41.0 Å². The van der Waals surface area contributed by atoms with Crippen LogP contribution in [0.25, 0.3) is 10.2 Å². The summed E-state index contributed by atoms with van der Waals surface area (Å²) in [5.41, 5.74) is 2.88. The van der Waals surface area contributed by atoms with Crippen LogP contribution in [-0.2, 0) is 16.1 Å². The lowest BCUT2D eigenvalue weighted by molar-refractivity contribution is -0.149. The number of aromatic nitrogens is 1. The molecule has 0 aliphatic carbocycles. The van der Waals surface area contributed by atoms with Gasteiger partial charge in [-0.1, -0.05) is 28.1 Å². The lowest BCUT2D eigenvalue weighted by atomic mass is 9.98. The number of nitrogens with zero attached hydrogens (tertiary/aromatic N) is 2. The molecule has 0 radical (unpaired) electrons. The molecule has 0 bridgehead atoms. The van der Waals surface area contributed by atoms with Crippen LogP contribution < -0.4 is 0 Å². The number of rotatable bonds is 5. The summed E-state index contributed by atoms with van der Waals surface area (Å²) in [4.78, 5) is 27.4. The van der Waals surface area contributed by atoms with Gasteiger partial charge in [0.05, 0.1) is 22.7 Å². The van der Waals surface area contributed by atoms with Crippen molar-refractivity contribution in [1.29, 1.82) is 0 Å². The number of fused-ring (bicyclic) bond motifs is 1. The molecule has 0 saturated carbocycles. The van der Waals surface area contributed by atoms with Crippen molar-refractivity contribution in [2.45, 2.75) is 26.3 Å². The van der Waals surface area contributed by atoms with Gasteiger partial charge in [0.1, 0.15) is 5.69 Å². The van der Waals surface area contributed by atoms with Gasteiger partial charge < -0.3 is 14.2 Å². The summed E-state index contributed by atoms with van der Waals surface area (Å²) in [5, 5.41) is 2.05. The molecule has 3 aromatic rings. The zero-order chi connectivity index (χ0) is 20.4. The molecule has 5 nitrogen and oxygen atoms in total. The van der Waals surface area contributed by atoms with Crippen molar-refractivity contribution in [3.8, 4) is 0 Å². The lowest BCUT2D eigenvalue weighted by Gasteiger charge is -2.31. The largest absolute Gasteiger partial charge is 0.466 e. The van der Waals surface area contributed by atoms with Crippen molar-refractivity contribution in [2.24, 2.45) is 5.92 Å². The second kappa shape index (κ2) is 8.71. The Hall–Kier alpha value is -2.12. The molecule has 0 unspecified atom stereocenters. The van der Waals surface area contributed by atoms with Crippen LogP contribution in [0.4, 0.5) is 0 Å². The first-order valence-corrected chi connectivity index (χ1v) is 11.5. The SMILES string of the molecule is CCOC(=O)[C@@H]1CCCN(C(=O)c2cc3sccc3n2Cc2ccc(Br)cc2)C1. The monoisotopic (exact) mass is 474 g/mol. The zero-order valence-electron chi connectivity index (χ0n) is 16.3. The second-order valence-electron chi connectivity index (χ2n) is 7.25. The van der Waals surface area contributed by atoms with Gasteiger partial charge in [-0.05, 0) is 55.0 Å². The van der Waals surface area contributed by atoms with Gasteiger partial charge in [0, 0.05) is 24.1 Å². The normalized spacial score (nSPS) is 16.9. The molecule has 1 fully saturated rings. The number of carbonyl (C=O) groups excluding carboxylic acids is 2. The lowest BCUT2D eigenvalue weighted by Crippen LogP contribution is -2.43. The van der Waals surface area contributed by atoms with Crippen LogP contribution in [0.5, 0.6) is 0 Å². The first kappa shape index (κ1) is 20.2. The molecule has 2 aromatic heterocycles. The summed E-state index contributed by atoms with van der Waals surface area (Å²) in [6.45, 7) is 3.91. The predicted molar refractivity (Wildman–Crippen MR) is 118 cm³/mol. The fourth-order valence-electron chi connectivity index (χ4n) is 3.87. The Morgan fingerprint density at radius 3 is 2.79 bits per heavy atom. The van der Waals surface area contributed by atoms with E-state index in [-0.39, 0.29) is 17.8 Å². The smallest absolute Gasteiger partial charge is 0.310 e. The third kappa shape index (κ3) is 4.26. The van der Waals surface area contributed by atoms with Gasteiger partial charge in [0.25, 0.3) is 5.91 Å². The molecule has 1 aliphatic rings. The van der Waals surface area contributed by atoms with Crippen molar-refractivity contribution in [3.05, 3.63) is 57.5 Å². The number of halogens is 1. The molecule has 7 heteroatoms. The van der Waals surface area contributed by atoms with E-state index in [1.54, 1.807) is 11.3 Å². The van der Waals surface area contributed by atoms with Gasteiger partial charge in [-0.25, -0.2) is 0 Å². The predicted octanol–water partition coefficient (Wildman–Crippen LogP) is 4.93. The number of thiophene rings is 1. The van der Waals surface area contributed by atoms with Crippen molar-refractivity contribution in [2.75, 3.05) is 19.7 Å². The van der Waals surface area contributed by atoms with Crippen LogP contribution in [0.15, 0.2) is 46.3 Å². The highest BCUT2D eigenvalue weighted by atomic mass is 79.9. The number of hydrogen-bond donors (Lipinski definition) is 0. The number of benzene rings is 1. The van der Waals surface area contributed by atoms with Crippen molar-refractivity contribution < 1.29 is 14.3 Å². The number of carbonyl (C=O) groups is 2. The molecule has 3 heterocycles. The van der Waals surface area contributed by atoms with E-state index in [2.05, 4.69) is 44.1 Å². The van der Waals surface area contributed by atoms with E-state index in [0.29, 0.717) is 31.9 Å². The van der Waals surface area contributed by atoms with Gasteiger partial charge in [-0.2, -0.15) is 0 Å². The number of likely N-dealkylation sites (tertiary alicyclic amines) is 1. The number of amides is 1. The average molecular weight is 475 g/mol. The molecule has 29 heavy (non-hydrogen) atoms. The van der Waals surface area contributed by atoms with Gasteiger partial charge in [-0.3, -0.25) is 9.59 Å². The van der Waals surface area contributed by atoms with Crippen LogP contribution >= 0.6 is 27.3 Å². The Balaban J connectivity index is 1.61. The van der Waals surface area contributed by atoms with Gasteiger partial charge in [0.15, 0.2) is 0 Å². The molecule has 1 saturated heterocycles. The Morgan fingerprint density at radius 2 is 2.03 bits per heavy atom. The number of ether oxygens (including phenoxy) is 1. The minimum Gasteiger partial charge on any atom is -0.466 e. The van der Waals surface area contributed by atoms with E-state index in [4.69, 9.17) is 4.74 Å². The van der Waals surface area contributed by atoms with E-state index in [1.807, 2.05) is 30.0 Å². The molecular formula is C22H23BrN2O3S. The van der Waals surface area contributed by atoms with E-state index in [1.165, 1.54) is 0 Å². The Kier molecular flexibility index (Phi) is 6.06. The molecular weight excluding hydrogens is 452 g/mol. The third-order valence-electron chi connectivity index (χ3n) is 5.32. The first-order chi connectivity index (χ1) is 14.1. The maximum absolute atomic E-state index is 13.4. The van der Waals surface area contributed by atoms with E-state index < -0.39 is 0 Å². The summed E-state index contributed by atoms with van der Waals surface area (Å²) in [5.74, 6) is -0.445. The van der Waals surface area contributed by atoms with Crippen molar-refractivity contribution in [1.82, 2.24) is 9.47 Å². The molecule has 1 atom stereocenters. The quantitative estimate of drug-likeness (QED) is 0.492. The minimum absolute atomic E-state index is 0.0143. The van der Waals surface area contributed by atoms with Crippen LogP contribution in [0.2, 0.25) is 0 Å². The highest BCUT2D eigenvalue weighted by Crippen LogP contribution is 2.28. The molecule has 1 amide bonds. The fourth-order valence-corrected chi connectivity index (χ4v) is 4.96. The van der Waals surface area contributed by atoms with E-state index in [0.717, 1.165) is 33.1 Å². The zero-order valence-corrected chi connectivity index (χ0v) is 18.7. The van der Waals surface area contributed by atoms with E-state index >= 15 is 0 Å². The second-order valence-corrected chi connectivity index (χ2v) is 9.12. The maximum Gasteiger partial charge on any atom is 0.310 e. The van der Waals surface area contributed by atoms with Gasteiger partial charge in [-0.15, -0.1) is 11.3 Å². The van der Waals surface area contributed by atoms with Gasteiger partial charge >= 0.3 is 5.97 Å². The summed E-state index contributed by atoms with van der Waals surface area (Å²) in [6, 6.07) is 12.2.